The second-order valence-electron chi connectivity index (χ2n) is 4.08. The molecule has 15 heavy (non-hydrogen) atoms. The summed E-state index contributed by atoms with van der Waals surface area (Å²) in [7, 11) is 0. The molecule has 0 aromatic rings. The van der Waals surface area contributed by atoms with Gasteiger partial charge in [0.05, 0.1) is 6.10 Å². The molecule has 88 valence electrons. The minimum Gasteiger partial charge on any atom is -0.389 e. The summed E-state index contributed by atoms with van der Waals surface area (Å²) in [5.41, 5.74) is 0. The van der Waals surface area contributed by atoms with E-state index >= 15 is 0 Å². The molecule has 1 atom stereocenters. The molecule has 1 N–H and O–H groups in total. The first kappa shape index (κ1) is 14.4. The van der Waals surface area contributed by atoms with Crippen LogP contribution in [0.25, 0.3) is 0 Å². The van der Waals surface area contributed by atoms with Gasteiger partial charge in [0.15, 0.2) is 0 Å². The molecule has 0 saturated carbocycles. The van der Waals surface area contributed by atoms with E-state index < -0.39 is 0 Å². The molecular formula is C14H26O. The number of unbranched alkanes of at least 4 members (excludes halogenated alkanes) is 6. The summed E-state index contributed by atoms with van der Waals surface area (Å²) >= 11 is 0. The van der Waals surface area contributed by atoms with Crippen LogP contribution in [0.3, 0.4) is 0 Å². The first-order valence-corrected chi connectivity index (χ1v) is 6.26. The van der Waals surface area contributed by atoms with Gasteiger partial charge in [-0.3, -0.25) is 0 Å². The quantitative estimate of drug-likeness (QED) is 0.422. The summed E-state index contributed by atoms with van der Waals surface area (Å²) in [6.45, 7) is 5.83. The highest BCUT2D eigenvalue weighted by atomic mass is 16.3. The highest BCUT2D eigenvalue weighted by Crippen LogP contribution is 2.07. The van der Waals surface area contributed by atoms with E-state index in [2.05, 4.69) is 19.6 Å². The van der Waals surface area contributed by atoms with Crippen LogP contribution in [0.5, 0.6) is 0 Å². The summed E-state index contributed by atoms with van der Waals surface area (Å²) in [4.78, 5) is 0. The van der Waals surface area contributed by atoms with Gasteiger partial charge < -0.3 is 5.11 Å². The number of rotatable bonds is 10. The first-order chi connectivity index (χ1) is 7.31. The Kier molecular flexibility index (Phi) is 11.1. The number of aliphatic hydroxyl groups is 1. The van der Waals surface area contributed by atoms with Crippen LogP contribution >= 0.6 is 0 Å². The monoisotopic (exact) mass is 210 g/mol. The zero-order valence-corrected chi connectivity index (χ0v) is 10.1. The smallest absolute Gasteiger partial charge is 0.0755 e. The van der Waals surface area contributed by atoms with Crippen molar-refractivity contribution < 1.29 is 5.11 Å². The maximum atomic E-state index is 9.36. The fourth-order valence-electron chi connectivity index (χ4n) is 1.55. The highest BCUT2D eigenvalue weighted by molar-refractivity contribution is 4.91. The van der Waals surface area contributed by atoms with Crippen LogP contribution in [-0.4, -0.2) is 11.2 Å². The second kappa shape index (κ2) is 11.5. The van der Waals surface area contributed by atoms with Gasteiger partial charge in [0.2, 0.25) is 0 Å². The summed E-state index contributed by atoms with van der Waals surface area (Å²) in [6, 6.07) is 0. The van der Waals surface area contributed by atoms with Crippen molar-refractivity contribution >= 4 is 0 Å². The largest absolute Gasteiger partial charge is 0.389 e. The van der Waals surface area contributed by atoms with Crippen LogP contribution in [0.15, 0.2) is 24.8 Å². The van der Waals surface area contributed by atoms with Gasteiger partial charge in [0.1, 0.15) is 0 Å². The third kappa shape index (κ3) is 11.4. The van der Waals surface area contributed by atoms with Gasteiger partial charge in [-0.05, 0) is 19.3 Å². The molecule has 0 aliphatic heterocycles. The van der Waals surface area contributed by atoms with Crippen LogP contribution in [-0.2, 0) is 0 Å². The fourth-order valence-corrected chi connectivity index (χ4v) is 1.55. The van der Waals surface area contributed by atoms with Crippen molar-refractivity contribution in [3.05, 3.63) is 24.8 Å². The van der Waals surface area contributed by atoms with Crippen molar-refractivity contribution in [3.8, 4) is 0 Å². The van der Waals surface area contributed by atoms with Crippen molar-refractivity contribution in [1.82, 2.24) is 0 Å². The molecule has 1 heteroatoms. The first-order valence-electron chi connectivity index (χ1n) is 6.26. The zero-order valence-electron chi connectivity index (χ0n) is 10.1. The number of hydrogen-bond donors (Lipinski definition) is 1. The normalized spacial score (nSPS) is 13.2. The molecule has 0 heterocycles. The Balaban J connectivity index is 3.19. The van der Waals surface area contributed by atoms with Gasteiger partial charge in [-0.25, -0.2) is 0 Å². The summed E-state index contributed by atoms with van der Waals surface area (Å²) in [5.74, 6) is 0. The molecule has 0 saturated heterocycles. The fraction of sp³-hybridized carbons (Fsp3) is 0.714. The minimum absolute atomic E-state index is 0.331. The highest BCUT2D eigenvalue weighted by Gasteiger charge is 1.93. The molecule has 1 unspecified atom stereocenters. The van der Waals surface area contributed by atoms with Gasteiger partial charge in [0.25, 0.3) is 0 Å². The predicted molar refractivity (Wildman–Crippen MR) is 68.0 cm³/mol. The Bertz CT molecular complexity index is 161. The molecule has 0 radical (unpaired) electrons. The standard InChI is InChI=1S/C14H26O/c1-3-5-6-7-8-9-10-11-13-14(15)12-4-2/h4,11,13-15H,2-3,5-10,12H2,1H3/b13-11+. The second-order valence-corrected chi connectivity index (χ2v) is 4.08. The molecule has 1 nitrogen and oxygen atoms in total. The van der Waals surface area contributed by atoms with Crippen LogP contribution in [0.1, 0.15) is 58.3 Å². The zero-order chi connectivity index (χ0) is 11.4. The van der Waals surface area contributed by atoms with Crippen molar-refractivity contribution in [1.29, 1.82) is 0 Å². The van der Waals surface area contributed by atoms with E-state index in [4.69, 9.17) is 0 Å². The van der Waals surface area contributed by atoms with Crippen molar-refractivity contribution in [2.24, 2.45) is 0 Å². The lowest BCUT2D eigenvalue weighted by atomic mass is 10.1. The average Bonchev–Trinajstić information content (AvgIpc) is 2.22. The molecule has 0 aliphatic rings. The van der Waals surface area contributed by atoms with Crippen LogP contribution in [0.4, 0.5) is 0 Å². The van der Waals surface area contributed by atoms with Gasteiger partial charge in [-0.1, -0.05) is 57.3 Å². The van der Waals surface area contributed by atoms with Crippen molar-refractivity contribution in [3.63, 3.8) is 0 Å². The average molecular weight is 210 g/mol. The third-order valence-electron chi connectivity index (χ3n) is 2.49. The van der Waals surface area contributed by atoms with Gasteiger partial charge in [-0.15, -0.1) is 6.58 Å². The van der Waals surface area contributed by atoms with Crippen molar-refractivity contribution in [2.45, 2.75) is 64.4 Å². The summed E-state index contributed by atoms with van der Waals surface area (Å²) in [5, 5.41) is 9.36. The SMILES string of the molecule is C=CCC(O)/C=C/CCCCCCCC. The number of allylic oxidation sites excluding steroid dienone is 1. The van der Waals surface area contributed by atoms with E-state index in [0.717, 1.165) is 6.42 Å². The minimum atomic E-state index is -0.331. The number of aliphatic hydroxyl groups excluding tert-OH is 1. The van der Waals surface area contributed by atoms with E-state index in [1.54, 1.807) is 6.08 Å². The van der Waals surface area contributed by atoms with E-state index in [1.807, 2.05) is 6.08 Å². The molecule has 0 aromatic heterocycles. The van der Waals surface area contributed by atoms with E-state index in [9.17, 15) is 5.11 Å². The maximum absolute atomic E-state index is 9.36. The Morgan fingerprint density at radius 2 is 1.80 bits per heavy atom. The topological polar surface area (TPSA) is 20.2 Å². The summed E-state index contributed by atoms with van der Waals surface area (Å²) in [6.07, 6.45) is 15.1. The van der Waals surface area contributed by atoms with E-state index in [1.165, 1.54) is 38.5 Å². The lowest BCUT2D eigenvalue weighted by Crippen LogP contribution is -1.98. The van der Waals surface area contributed by atoms with Crippen molar-refractivity contribution in [2.75, 3.05) is 0 Å². The lowest BCUT2D eigenvalue weighted by molar-refractivity contribution is 0.226. The molecule has 0 fully saturated rings. The summed E-state index contributed by atoms with van der Waals surface area (Å²) < 4.78 is 0. The molecule has 0 spiro atoms. The van der Waals surface area contributed by atoms with E-state index in [-0.39, 0.29) is 6.10 Å². The molecule has 0 bridgehead atoms. The van der Waals surface area contributed by atoms with Crippen LogP contribution in [0.2, 0.25) is 0 Å². The van der Waals surface area contributed by atoms with Crippen LogP contribution in [0, 0.1) is 0 Å². The molecule has 0 aliphatic carbocycles. The Morgan fingerprint density at radius 1 is 1.13 bits per heavy atom. The van der Waals surface area contributed by atoms with Gasteiger partial charge in [-0.2, -0.15) is 0 Å². The van der Waals surface area contributed by atoms with Crippen LogP contribution < -0.4 is 0 Å². The third-order valence-corrected chi connectivity index (χ3v) is 2.49. The Morgan fingerprint density at radius 3 is 2.47 bits per heavy atom. The Hall–Kier alpha value is -0.560. The predicted octanol–water partition coefficient (Wildman–Crippen LogP) is 4.23. The maximum Gasteiger partial charge on any atom is 0.0755 e. The number of hydrogen-bond acceptors (Lipinski definition) is 1. The molecule has 0 amide bonds. The Labute approximate surface area is 94.9 Å². The molecule has 0 aromatic carbocycles. The molecular weight excluding hydrogens is 184 g/mol. The molecule has 0 rings (SSSR count). The van der Waals surface area contributed by atoms with Gasteiger partial charge >= 0.3 is 0 Å². The lowest BCUT2D eigenvalue weighted by Gasteiger charge is -2.00. The van der Waals surface area contributed by atoms with Gasteiger partial charge in [0, 0.05) is 0 Å². The van der Waals surface area contributed by atoms with E-state index in [0.29, 0.717) is 6.42 Å².